The summed E-state index contributed by atoms with van der Waals surface area (Å²) in [5, 5.41) is 1.44. The van der Waals surface area contributed by atoms with Gasteiger partial charge in [0, 0.05) is 5.54 Å². The third-order valence-corrected chi connectivity index (χ3v) is 7.00. The first-order valence-corrected chi connectivity index (χ1v) is 7.68. The zero-order valence-corrected chi connectivity index (χ0v) is 9.54. The second-order valence-electron chi connectivity index (χ2n) is 3.98. The van der Waals surface area contributed by atoms with Crippen LogP contribution in [0.25, 0.3) is 0 Å². The average Bonchev–Trinajstić information content (AvgIpc) is 2.18. The van der Waals surface area contributed by atoms with Crippen LogP contribution in [0, 0.1) is 12.3 Å². The maximum absolute atomic E-state index is 5.48. The Morgan fingerprint density at radius 3 is 2.23 bits per heavy atom. The highest BCUT2D eigenvalue weighted by atomic mass is 28.3. The number of terminal acetylenes is 1. The molecule has 0 amide bonds. The van der Waals surface area contributed by atoms with E-state index in [2.05, 4.69) is 56.3 Å². The van der Waals surface area contributed by atoms with Crippen LogP contribution in [0.5, 0.6) is 0 Å². The fourth-order valence-corrected chi connectivity index (χ4v) is 3.29. The van der Waals surface area contributed by atoms with Gasteiger partial charge in [-0.3, -0.25) is 0 Å². The molecule has 1 heteroatoms. The van der Waals surface area contributed by atoms with Crippen molar-refractivity contribution in [3.05, 3.63) is 30.3 Å². The van der Waals surface area contributed by atoms with E-state index in [1.54, 1.807) is 0 Å². The number of rotatable bonds is 2. The molecule has 0 unspecified atom stereocenters. The van der Waals surface area contributed by atoms with Gasteiger partial charge in [0.05, 0.1) is 8.07 Å². The Balaban J connectivity index is 3.02. The van der Waals surface area contributed by atoms with Gasteiger partial charge in [-0.15, -0.1) is 12.3 Å². The lowest BCUT2D eigenvalue weighted by atomic mass is 10.4. The molecule has 1 aromatic carbocycles. The summed E-state index contributed by atoms with van der Waals surface area (Å²) in [5.74, 6) is 2.87. The van der Waals surface area contributed by atoms with Crippen LogP contribution in [0.3, 0.4) is 0 Å². The van der Waals surface area contributed by atoms with Crippen molar-refractivity contribution in [1.29, 1.82) is 0 Å². The van der Waals surface area contributed by atoms with Crippen LogP contribution in [-0.4, -0.2) is 8.07 Å². The van der Waals surface area contributed by atoms with Gasteiger partial charge in [-0.2, -0.15) is 0 Å². The highest BCUT2D eigenvalue weighted by molar-refractivity contribution is 6.91. The van der Waals surface area contributed by atoms with Gasteiger partial charge in [-0.25, -0.2) is 0 Å². The Morgan fingerprint density at radius 1 is 1.23 bits per heavy atom. The molecule has 68 valence electrons. The van der Waals surface area contributed by atoms with Crippen LogP contribution in [0.1, 0.15) is 6.92 Å². The predicted octanol–water partition coefficient (Wildman–Crippen LogP) is 2.63. The Morgan fingerprint density at radius 2 is 1.77 bits per heavy atom. The smallest absolute Gasteiger partial charge is 0.0958 e. The summed E-state index contributed by atoms with van der Waals surface area (Å²) in [6.07, 6.45) is 5.48. The molecule has 0 aliphatic rings. The molecule has 1 atom stereocenters. The van der Waals surface area contributed by atoms with Crippen molar-refractivity contribution < 1.29 is 0 Å². The lowest BCUT2D eigenvalue weighted by Crippen LogP contribution is -2.44. The standard InChI is InChI=1S/C12H16Si/c1-5-11(2)13(3,4)12-9-7-6-8-10-12/h1,6-11H,2-4H3/t11-/m0/s1. The predicted molar refractivity (Wildman–Crippen MR) is 61.8 cm³/mol. The van der Waals surface area contributed by atoms with Crippen molar-refractivity contribution in [3.8, 4) is 12.3 Å². The van der Waals surface area contributed by atoms with Gasteiger partial charge in [0.2, 0.25) is 0 Å². The third kappa shape index (κ3) is 2.02. The topological polar surface area (TPSA) is 0 Å². The first-order chi connectivity index (χ1) is 6.09. The van der Waals surface area contributed by atoms with Crippen molar-refractivity contribution in [2.45, 2.75) is 25.6 Å². The van der Waals surface area contributed by atoms with Crippen molar-refractivity contribution in [1.82, 2.24) is 0 Å². The highest BCUT2D eigenvalue weighted by Gasteiger charge is 2.28. The van der Waals surface area contributed by atoms with Crippen molar-refractivity contribution in [2.75, 3.05) is 0 Å². The number of hydrogen-bond acceptors (Lipinski definition) is 0. The van der Waals surface area contributed by atoms with Crippen molar-refractivity contribution >= 4 is 13.3 Å². The Labute approximate surface area is 82.0 Å². The molecule has 0 fully saturated rings. The van der Waals surface area contributed by atoms with Crippen molar-refractivity contribution in [2.24, 2.45) is 0 Å². The lowest BCUT2D eigenvalue weighted by Gasteiger charge is -2.26. The third-order valence-electron chi connectivity index (χ3n) is 2.85. The van der Waals surface area contributed by atoms with Crippen molar-refractivity contribution in [3.63, 3.8) is 0 Å². The molecule has 0 aromatic heterocycles. The van der Waals surface area contributed by atoms with Gasteiger partial charge in [0.1, 0.15) is 0 Å². The van der Waals surface area contributed by atoms with E-state index in [9.17, 15) is 0 Å². The van der Waals surface area contributed by atoms with Gasteiger partial charge in [0.15, 0.2) is 0 Å². The molecule has 0 aliphatic carbocycles. The summed E-state index contributed by atoms with van der Waals surface area (Å²) in [4.78, 5) is 0. The maximum Gasteiger partial charge on any atom is 0.0958 e. The van der Waals surface area contributed by atoms with Gasteiger partial charge in [0.25, 0.3) is 0 Å². The molecule has 0 bridgehead atoms. The lowest BCUT2D eigenvalue weighted by molar-refractivity contribution is 1.19. The Hall–Kier alpha value is -1.00. The summed E-state index contributed by atoms with van der Waals surface area (Å²) in [7, 11) is -1.42. The minimum Gasteiger partial charge on any atom is -0.120 e. The average molecular weight is 188 g/mol. The van der Waals surface area contributed by atoms with Crippen LogP contribution in [0.4, 0.5) is 0 Å². The Kier molecular flexibility index (Phi) is 2.95. The van der Waals surface area contributed by atoms with E-state index in [1.807, 2.05) is 0 Å². The number of hydrogen-bond donors (Lipinski definition) is 0. The largest absolute Gasteiger partial charge is 0.120 e. The number of benzene rings is 1. The fraction of sp³-hybridized carbons (Fsp3) is 0.333. The van der Waals surface area contributed by atoms with E-state index < -0.39 is 8.07 Å². The summed E-state index contributed by atoms with van der Waals surface area (Å²) < 4.78 is 0. The molecule has 0 radical (unpaired) electrons. The Bertz CT molecular complexity index is 306. The summed E-state index contributed by atoms with van der Waals surface area (Å²) >= 11 is 0. The monoisotopic (exact) mass is 188 g/mol. The van der Waals surface area contributed by atoms with Crippen LogP contribution in [0.2, 0.25) is 18.6 Å². The van der Waals surface area contributed by atoms with E-state index in [-0.39, 0.29) is 0 Å². The van der Waals surface area contributed by atoms with Gasteiger partial charge >= 0.3 is 0 Å². The highest BCUT2D eigenvalue weighted by Crippen LogP contribution is 2.19. The molecule has 1 aromatic rings. The molecule has 0 saturated carbocycles. The van der Waals surface area contributed by atoms with E-state index in [0.717, 1.165) is 0 Å². The first-order valence-electron chi connectivity index (χ1n) is 4.60. The molecule has 13 heavy (non-hydrogen) atoms. The minimum atomic E-state index is -1.42. The van der Waals surface area contributed by atoms with Crippen LogP contribution in [-0.2, 0) is 0 Å². The normalized spacial score (nSPS) is 13.4. The SMILES string of the molecule is C#C[C@H](C)[Si](C)(C)c1ccccc1. The second kappa shape index (κ2) is 3.80. The molecule has 0 spiro atoms. The van der Waals surface area contributed by atoms with E-state index in [4.69, 9.17) is 6.42 Å². The van der Waals surface area contributed by atoms with E-state index >= 15 is 0 Å². The second-order valence-corrected chi connectivity index (χ2v) is 8.86. The summed E-state index contributed by atoms with van der Waals surface area (Å²) in [6.45, 7) is 6.80. The molecule has 0 N–H and O–H groups in total. The molecule has 0 saturated heterocycles. The zero-order valence-electron chi connectivity index (χ0n) is 8.54. The summed E-state index contributed by atoms with van der Waals surface area (Å²) in [5.41, 5.74) is 0.398. The van der Waals surface area contributed by atoms with Crippen LogP contribution in [0.15, 0.2) is 30.3 Å². The molecule has 0 aliphatic heterocycles. The van der Waals surface area contributed by atoms with Gasteiger partial charge < -0.3 is 0 Å². The van der Waals surface area contributed by atoms with Crippen LogP contribution < -0.4 is 5.19 Å². The molecular weight excluding hydrogens is 172 g/mol. The quantitative estimate of drug-likeness (QED) is 0.494. The maximum atomic E-state index is 5.48. The molecular formula is C12H16Si. The fourth-order valence-electron chi connectivity index (χ4n) is 1.33. The summed E-state index contributed by atoms with van der Waals surface area (Å²) in [6, 6.07) is 10.6. The first kappa shape index (κ1) is 10.1. The van der Waals surface area contributed by atoms with E-state index in [0.29, 0.717) is 5.54 Å². The van der Waals surface area contributed by atoms with Gasteiger partial charge in [-0.05, 0) is 0 Å². The molecule has 0 nitrogen and oxygen atoms in total. The molecule has 0 heterocycles. The van der Waals surface area contributed by atoms with Crippen LogP contribution >= 0.6 is 0 Å². The molecule has 1 rings (SSSR count). The van der Waals surface area contributed by atoms with Gasteiger partial charge in [-0.1, -0.05) is 55.5 Å². The minimum absolute atomic E-state index is 0.398. The zero-order chi connectivity index (χ0) is 9.90. The van der Waals surface area contributed by atoms with E-state index in [1.165, 1.54) is 5.19 Å².